The van der Waals surface area contributed by atoms with Crippen molar-refractivity contribution in [3.05, 3.63) is 104 Å². The highest BCUT2D eigenvalue weighted by atomic mass is 35.5. The van der Waals surface area contributed by atoms with E-state index in [1.165, 1.54) is 5.56 Å². The molecule has 1 aliphatic rings. The lowest BCUT2D eigenvalue weighted by atomic mass is 9.72. The van der Waals surface area contributed by atoms with E-state index in [2.05, 4.69) is 17.0 Å². The molecule has 2 unspecified atom stereocenters. The van der Waals surface area contributed by atoms with Crippen LogP contribution in [0.2, 0.25) is 20.1 Å². The molecular weight excluding hydrogens is 512 g/mol. The summed E-state index contributed by atoms with van der Waals surface area (Å²) in [5.74, 6) is -0.882. The third kappa shape index (κ3) is 5.62. The number of rotatable bonds is 7. The Labute approximate surface area is 220 Å². The van der Waals surface area contributed by atoms with Gasteiger partial charge >= 0.3 is 0 Å². The van der Waals surface area contributed by atoms with Gasteiger partial charge in [0.05, 0.1) is 26.0 Å². The van der Waals surface area contributed by atoms with Crippen LogP contribution in [0.3, 0.4) is 0 Å². The predicted octanol–water partition coefficient (Wildman–Crippen LogP) is 7.33. The molecule has 1 aliphatic heterocycles. The predicted molar refractivity (Wildman–Crippen MR) is 140 cm³/mol. The zero-order valence-corrected chi connectivity index (χ0v) is 21.5. The van der Waals surface area contributed by atoms with Gasteiger partial charge in [-0.3, -0.25) is 4.79 Å². The Morgan fingerprint density at radius 2 is 1.59 bits per heavy atom. The summed E-state index contributed by atoms with van der Waals surface area (Å²) in [5.41, 5.74) is 0.913. The van der Waals surface area contributed by atoms with Crippen molar-refractivity contribution in [3.63, 3.8) is 0 Å². The number of likely N-dealkylation sites (tertiary alicyclic amines) is 1. The molecule has 0 bridgehead atoms. The van der Waals surface area contributed by atoms with Crippen LogP contribution in [0.4, 0.5) is 0 Å². The minimum absolute atomic E-state index is 0.181. The zero-order chi connectivity index (χ0) is 24.3. The maximum Gasteiger partial charge on any atom is 0.170 e. The Bertz CT molecular complexity index is 1170. The number of aryl methyl sites for hydroxylation is 1. The Kier molecular flexibility index (Phi) is 8.24. The molecule has 0 spiro atoms. The SMILES string of the molecule is O=C(c1ccc(Cl)c(Cl)c1)C1CN(CCCc2ccccc2)CCC1(O)c1ccc(Cl)c(Cl)c1. The van der Waals surface area contributed by atoms with E-state index < -0.39 is 11.5 Å². The number of hydrogen-bond acceptors (Lipinski definition) is 3. The van der Waals surface area contributed by atoms with Gasteiger partial charge in [-0.1, -0.05) is 82.8 Å². The number of halogens is 4. The second-order valence-electron chi connectivity index (χ2n) is 8.74. The van der Waals surface area contributed by atoms with Crippen LogP contribution in [0.25, 0.3) is 0 Å². The Morgan fingerprint density at radius 3 is 2.26 bits per heavy atom. The lowest BCUT2D eigenvalue weighted by Gasteiger charge is -2.44. The van der Waals surface area contributed by atoms with Gasteiger partial charge in [0.2, 0.25) is 0 Å². The maximum absolute atomic E-state index is 13.7. The fourth-order valence-corrected chi connectivity index (χ4v) is 5.22. The first-order valence-corrected chi connectivity index (χ1v) is 12.7. The van der Waals surface area contributed by atoms with E-state index in [9.17, 15) is 9.90 Å². The molecule has 7 heteroatoms. The monoisotopic (exact) mass is 535 g/mol. The van der Waals surface area contributed by atoms with Gasteiger partial charge in [-0.2, -0.15) is 0 Å². The summed E-state index contributed by atoms with van der Waals surface area (Å²) in [6.45, 7) is 1.92. The number of carbonyl (C=O) groups excluding carboxylic acids is 1. The molecular formula is C27H25Cl4NO2. The van der Waals surface area contributed by atoms with Crippen LogP contribution >= 0.6 is 46.4 Å². The number of ketones is 1. The fourth-order valence-electron chi connectivity index (χ4n) is 4.62. The summed E-state index contributed by atoms with van der Waals surface area (Å²) in [5, 5.41) is 13.3. The number of aliphatic hydroxyl groups is 1. The Morgan fingerprint density at radius 1 is 0.912 bits per heavy atom. The van der Waals surface area contributed by atoms with E-state index in [1.807, 2.05) is 18.2 Å². The molecule has 1 saturated heterocycles. The molecule has 0 amide bonds. The van der Waals surface area contributed by atoms with Crippen molar-refractivity contribution in [2.75, 3.05) is 19.6 Å². The van der Waals surface area contributed by atoms with Crippen molar-refractivity contribution in [3.8, 4) is 0 Å². The van der Waals surface area contributed by atoms with Gasteiger partial charge in [0.15, 0.2) is 5.78 Å². The van der Waals surface area contributed by atoms with E-state index in [0.29, 0.717) is 50.7 Å². The molecule has 4 rings (SSSR count). The number of nitrogens with zero attached hydrogens (tertiary/aromatic N) is 1. The first kappa shape index (κ1) is 25.5. The standard InChI is InChI=1S/C27H25Cl4NO2/c28-22-10-8-19(15-24(22)30)26(33)21-17-32(13-4-7-18-5-2-1-3-6-18)14-12-27(21,34)20-9-11-23(29)25(31)16-20/h1-3,5-6,8-11,15-16,21,34H,4,7,12-14,17H2. The molecule has 3 aromatic carbocycles. The van der Waals surface area contributed by atoms with E-state index >= 15 is 0 Å². The van der Waals surface area contributed by atoms with Crippen LogP contribution in [0, 0.1) is 5.92 Å². The molecule has 3 nitrogen and oxygen atoms in total. The number of Topliss-reactive ketones (excluding diaryl/α,β-unsaturated/α-hetero) is 1. The van der Waals surface area contributed by atoms with Crippen LogP contribution in [0.5, 0.6) is 0 Å². The number of piperidine rings is 1. The van der Waals surface area contributed by atoms with Crippen LogP contribution in [0.1, 0.15) is 34.3 Å². The summed E-state index contributed by atoms with van der Waals surface area (Å²) in [4.78, 5) is 15.9. The van der Waals surface area contributed by atoms with Crippen LogP contribution in [0.15, 0.2) is 66.7 Å². The highest BCUT2D eigenvalue weighted by Crippen LogP contribution is 2.41. The molecule has 0 aliphatic carbocycles. The summed E-state index contributed by atoms with van der Waals surface area (Å²) in [6, 6.07) is 20.2. The smallest absolute Gasteiger partial charge is 0.170 e. The van der Waals surface area contributed by atoms with Gasteiger partial charge in [-0.15, -0.1) is 0 Å². The molecule has 1 fully saturated rings. The molecule has 0 radical (unpaired) electrons. The topological polar surface area (TPSA) is 40.5 Å². The Balaban J connectivity index is 1.59. The molecule has 1 heterocycles. The first-order valence-electron chi connectivity index (χ1n) is 11.2. The van der Waals surface area contributed by atoms with Gasteiger partial charge in [0.1, 0.15) is 5.60 Å². The van der Waals surface area contributed by atoms with Crippen molar-refractivity contribution in [1.82, 2.24) is 4.90 Å². The minimum Gasteiger partial charge on any atom is -0.384 e. The number of benzene rings is 3. The third-order valence-electron chi connectivity index (χ3n) is 6.55. The summed E-state index contributed by atoms with van der Waals surface area (Å²) < 4.78 is 0. The zero-order valence-electron chi connectivity index (χ0n) is 18.5. The van der Waals surface area contributed by atoms with Crippen molar-refractivity contribution in [1.29, 1.82) is 0 Å². The van der Waals surface area contributed by atoms with E-state index in [-0.39, 0.29) is 5.78 Å². The van der Waals surface area contributed by atoms with Gasteiger partial charge in [0.25, 0.3) is 0 Å². The maximum atomic E-state index is 13.7. The van der Waals surface area contributed by atoms with Crippen LogP contribution in [-0.4, -0.2) is 35.4 Å². The lowest BCUT2D eigenvalue weighted by Crippen LogP contribution is -2.53. The normalized spacial score (nSPS) is 20.9. The number of hydrogen-bond donors (Lipinski definition) is 1. The average Bonchev–Trinajstić information content (AvgIpc) is 2.84. The number of carbonyl (C=O) groups is 1. The molecule has 3 aromatic rings. The largest absolute Gasteiger partial charge is 0.384 e. The molecule has 2 atom stereocenters. The van der Waals surface area contributed by atoms with Crippen molar-refractivity contribution >= 4 is 52.2 Å². The lowest BCUT2D eigenvalue weighted by molar-refractivity contribution is -0.0642. The molecule has 0 aromatic heterocycles. The molecule has 178 valence electrons. The van der Waals surface area contributed by atoms with Crippen molar-refractivity contribution in [2.45, 2.75) is 24.9 Å². The van der Waals surface area contributed by atoms with Gasteiger partial charge in [-0.25, -0.2) is 0 Å². The quantitative estimate of drug-likeness (QED) is 0.321. The first-order chi connectivity index (χ1) is 16.3. The van der Waals surface area contributed by atoms with Crippen LogP contribution in [-0.2, 0) is 12.0 Å². The highest BCUT2D eigenvalue weighted by Gasteiger charge is 2.47. The van der Waals surface area contributed by atoms with Crippen molar-refractivity contribution < 1.29 is 9.90 Å². The second-order valence-corrected chi connectivity index (χ2v) is 10.4. The van der Waals surface area contributed by atoms with Crippen LogP contribution < -0.4 is 0 Å². The van der Waals surface area contributed by atoms with Crippen molar-refractivity contribution in [2.24, 2.45) is 5.92 Å². The minimum atomic E-state index is -1.38. The highest BCUT2D eigenvalue weighted by molar-refractivity contribution is 6.42. The molecule has 1 N–H and O–H groups in total. The Hall–Kier alpha value is -1.59. The van der Waals surface area contributed by atoms with Gasteiger partial charge < -0.3 is 10.0 Å². The summed E-state index contributed by atoms with van der Waals surface area (Å²) in [7, 11) is 0. The average molecular weight is 537 g/mol. The molecule has 34 heavy (non-hydrogen) atoms. The van der Waals surface area contributed by atoms with Gasteiger partial charge in [-0.05, 0) is 67.3 Å². The van der Waals surface area contributed by atoms with E-state index in [4.69, 9.17) is 46.4 Å². The fraction of sp³-hybridized carbons (Fsp3) is 0.296. The molecule has 0 saturated carbocycles. The van der Waals surface area contributed by atoms with E-state index in [1.54, 1.807) is 36.4 Å². The van der Waals surface area contributed by atoms with E-state index in [0.717, 1.165) is 19.4 Å². The summed E-state index contributed by atoms with van der Waals surface area (Å²) >= 11 is 24.6. The summed E-state index contributed by atoms with van der Waals surface area (Å²) in [6.07, 6.45) is 2.32. The van der Waals surface area contributed by atoms with Gasteiger partial charge in [0, 0.05) is 18.7 Å². The second kappa shape index (κ2) is 11.0. The third-order valence-corrected chi connectivity index (χ3v) is 8.03.